The van der Waals surface area contributed by atoms with Gasteiger partial charge in [-0.25, -0.2) is 0 Å². The van der Waals surface area contributed by atoms with E-state index in [2.05, 4.69) is 6.58 Å². The first-order valence-corrected chi connectivity index (χ1v) is 7.37. The molecule has 0 fully saturated rings. The summed E-state index contributed by atoms with van der Waals surface area (Å²) < 4.78 is 5.43. The van der Waals surface area contributed by atoms with Gasteiger partial charge in [0.15, 0.2) is 0 Å². The van der Waals surface area contributed by atoms with Gasteiger partial charge in [-0.3, -0.25) is 0 Å². The van der Waals surface area contributed by atoms with E-state index in [4.69, 9.17) is 4.74 Å². The summed E-state index contributed by atoms with van der Waals surface area (Å²) in [6.07, 6.45) is 5.80. The van der Waals surface area contributed by atoms with Crippen LogP contribution in [0.5, 0.6) is 11.5 Å². The SMILES string of the molecule is C=C(C)CCc1c(/C=C/c2ccccc2)cc(O)cc1OC. The maximum atomic E-state index is 9.89. The first kappa shape index (κ1) is 15.9. The molecule has 114 valence electrons. The molecule has 0 amide bonds. The Morgan fingerprint density at radius 2 is 1.91 bits per heavy atom. The summed E-state index contributed by atoms with van der Waals surface area (Å²) in [6, 6.07) is 13.5. The van der Waals surface area contributed by atoms with Crippen LogP contribution < -0.4 is 4.74 Å². The molecule has 2 aromatic carbocycles. The molecule has 0 bridgehead atoms. The number of hydrogen-bond donors (Lipinski definition) is 1. The van der Waals surface area contributed by atoms with Gasteiger partial charge in [-0.15, -0.1) is 6.58 Å². The molecule has 0 heterocycles. The average Bonchev–Trinajstić information content (AvgIpc) is 2.52. The predicted molar refractivity (Wildman–Crippen MR) is 93.2 cm³/mol. The number of benzene rings is 2. The lowest BCUT2D eigenvalue weighted by atomic mass is 9.98. The van der Waals surface area contributed by atoms with Gasteiger partial charge < -0.3 is 9.84 Å². The Labute approximate surface area is 132 Å². The molecule has 2 heteroatoms. The van der Waals surface area contributed by atoms with Crippen molar-refractivity contribution in [3.05, 3.63) is 71.3 Å². The molecule has 1 N–H and O–H groups in total. The molecule has 0 saturated carbocycles. The second-order valence-electron chi connectivity index (χ2n) is 5.42. The molecule has 0 aliphatic rings. The van der Waals surface area contributed by atoms with E-state index in [0.717, 1.165) is 35.1 Å². The Morgan fingerprint density at radius 1 is 1.18 bits per heavy atom. The first-order valence-electron chi connectivity index (χ1n) is 7.37. The van der Waals surface area contributed by atoms with Crippen LogP contribution in [0.3, 0.4) is 0 Å². The van der Waals surface area contributed by atoms with Gasteiger partial charge in [-0.2, -0.15) is 0 Å². The minimum Gasteiger partial charge on any atom is -0.508 e. The van der Waals surface area contributed by atoms with E-state index in [9.17, 15) is 5.11 Å². The van der Waals surface area contributed by atoms with Crippen molar-refractivity contribution >= 4 is 12.2 Å². The highest BCUT2D eigenvalue weighted by molar-refractivity contribution is 5.73. The number of aromatic hydroxyl groups is 1. The van der Waals surface area contributed by atoms with Crippen LogP contribution in [0, 0.1) is 0 Å². The Morgan fingerprint density at radius 3 is 2.55 bits per heavy atom. The lowest BCUT2D eigenvalue weighted by molar-refractivity contribution is 0.402. The van der Waals surface area contributed by atoms with Crippen molar-refractivity contribution in [3.8, 4) is 11.5 Å². The van der Waals surface area contributed by atoms with Gasteiger partial charge in [0.1, 0.15) is 11.5 Å². The molecule has 0 saturated heterocycles. The summed E-state index contributed by atoms with van der Waals surface area (Å²) in [5.41, 5.74) is 4.32. The molecule has 0 atom stereocenters. The van der Waals surface area contributed by atoms with E-state index in [-0.39, 0.29) is 5.75 Å². The monoisotopic (exact) mass is 294 g/mol. The molecule has 0 aliphatic carbocycles. The van der Waals surface area contributed by atoms with Crippen LogP contribution in [0.2, 0.25) is 0 Å². The zero-order chi connectivity index (χ0) is 15.9. The fourth-order valence-corrected chi connectivity index (χ4v) is 2.34. The lowest BCUT2D eigenvalue weighted by Crippen LogP contribution is -1.96. The van der Waals surface area contributed by atoms with Gasteiger partial charge in [0.2, 0.25) is 0 Å². The van der Waals surface area contributed by atoms with Gasteiger partial charge in [0, 0.05) is 11.6 Å². The van der Waals surface area contributed by atoms with Gasteiger partial charge >= 0.3 is 0 Å². The number of allylic oxidation sites excluding steroid dienone is 1. The molecule has 0 radical (unpaired) electrons. The second-order valence-corrected chi connectivity index (χ2v) is 5.42. The molecule has 0 unspecified atom stereocenters. The van der Waals surface area contributed by atoms with Crippen molar-refractivity contribution in [3.63, 3.8) is 0 Å². The van der Waals surface area contributed by atoms with E-state index in [1.165, 1.54) is 0 Å². The normalized spacial score (nSPS) is 10.8. The van der Waals surface area contributed by atoms with Crippen molar-refractivity contribution in [1.29, 1.82) is 0 Å². The summed E-state index contributed by atoms with van der Waals surface area (Å²) in [4.78, 5) is 0. The third-order valence-electron chi connectivity index (χ3n) is 3.50. The van der Waals surface area contributed by atoms with Crippen LogP contribution in [0.15, 0.2) is 54.6 Å². The molecular weight excluding hydrogens is 272 g/mol. The van der Waals surface area contributed by atoms with Gasteiger partial charge in [0.05, 0.1) is 7.11 Å². The molecule has 2 nitrogen and oxygen atoms in total. The summed E-state index contributed by atoms with van der Waals surface area (Å²) in [5.74, 6) is 0.928. The number of rotatable bonds is 6. The molecule has 2 aromatic rings. The van der Waals surface area contributed by atoms with E-state index in [1.54, 1.807) is 19.2 Å². The summed E-state index contributed by atoms with van der Waals surface area (Å²) >= 11 is 0. The number of ether oxygens (including phenoxy) is 1. The van der Waals surface area contributed by atoms with Crippen LogP contribution in [0.1, 0.15) is 30.0 Å². The summed E-state index contributed by atoms with van der Waals surface area (Å²) in [6.45, 7) is 5.98. The molecule has 22 heavy (non-hydrogen) atoms. The maximum absolute atomic E-state index is 9.89. The van der Waals surface area contributed by atoms with Crippen LogP contribution in [-0.2, 0) is 6.42 Å². The van der Waals surface area contributed by atoms with E-state index in [0.29, 0.717) is 5.75 Å². The molecule has 0 aliphatic heterocycles. The average molecular weight is 294 g/mol. The molecule has 2 rings (SSSR count). The van der Waals surface area contributed by atoms with Crippen LogP contribution in [0.4, 0.5) is 0 Å². The maximum Gasteiger partial charge on any atom is 0.126 e. The fraction of sp³-hybridized carbons (Fsp3) is 0.200. The largest absolute Gasteiger partial charge is 0.508 e. The van der Waals surface area contributed by atoms with E-state index in [1.807, 2.05) is 49.4 Å². The highest BCUT2D eigenvalue weighted by Crippen LogP contribution is 2.31. The quantitative estimate of drug-likeness (QED) is 0.594. The standard InChI is InChI=1S/C20H22O2/c1-15(2)9-12-19-17(13-18(21)14-20(19)22-3)11-10-16-7-5-4-6-8-16/h4-8,10-11,13-14,21H,1,9,12H2,2-3H3/b11-10+. The zero-order valence-corrected chi connectivity index (χ0v) is 13.2. The zero-order valence-electron chi connectivity index (χ0n) is 13.2. The number of methoxy groups -OCH3 is 1. The Balaban J connectivity index is 2.37. The van der Waals surface area contributed by atoms with Crippen molar-refractivity contribution in [2.24, 2.45) is 0 Å². The molecule has 0 aromatic heterocycles. The third-order valence-corrected chi connectivity index (χ3v) is 3.50. The number of hydrogen-bond acceptors (Lipinski definition) is 2. The van der Waals surface area contributed by atoms with Crippen molar-refractivity contribution in [1.82, 2.24) is 0 Å². The van der Waals surface area contributed by atoms with Gasteiger partial charge in [0.25, 0.3) is 0 Å². The second kappa shape index (κ2) is 7.51. The predicted octanol–water partition coefficient (Wildman–Crippen LogP) is 5.08. The molecular formula is C20H22O2. The highest BCUT2D eigenvalue weighted by atomic mass is 16.5. The molecule has 0 spiro atoms. The van der Waals surface area contributed by atoms with Gasteiger partial charge in [-0.1, -0.05) is 48.1 Å². The summed E-state index contributed by atoms with van der Waals surface area (Å²) in [5, 5.41) is 9.89. The lowest BCUT2D eigenvalue weighted by Gasteiger charge is -2.13. The van der Waals surface area contributed by atoms with Crippen LogP contribution in [-0.4, -0.2) is 12.2 Å². The Bertz CT molecular complexity index is 670. The summed E-state index contributed by atoms with van der Waals surface area (Å²) in [7, 11) is 1.63. The number of phenols is 1. The fourth-order valence-electron chi connectivity index (χ4n) is 2.34. The Kier molecular flexibility index (Phi) is 5.42. The van der Waals surface area contributed by atoms with E-state index >= 15 is 0 Å². The minimum absolute atomic E-state index is 0.212. The van der Waals surface area contributed by atoms with Gasteiger partial charge in [-0.05, 0) is 37.0 Å². The van der Waals surface area contributed by atoms with E-state index < -0.39 is 0 Å². The first-order chi connectivity index (χ1) is 10.6. The van der Waals surface area contributed by atoms with Crippen molar-refractivity contribution < 1.29 is 9.84 Å². The van der Waals surface area contributed by atoms with Crippen LogP contribution >= 0.6 is 0 Å². The third kappa shape index (κ3) is 4.26. The minimum atomic E-state index is 0.212. The van der Waals surface area contributed by atoms with Crippen molar-refractivity contribution in [2.75, 3.05) is 7.11 Å². The van der Waals surface area contributed by atoms with Crippen LogP contribution in [0.25, 0.3) is 12.2 Å². The van der Waals surface area contributed by atoms with Crippen molar-refractivity contribution in [2.45, 2.75) is 19.8 Å². The highest BCUT2D eigenvalue weighted by Gasteiger charge is 2.10. The smallest absolute Gasteiger partial charge is 0.126 e. The number of phenolic OH excluding ortho intramolecular Hbond substituents is 1. The topological polar surface area (TPSA) is 29.5 Å². The Hall–Kier alpha value is -2.48.